The highest BCUT2D eigenvalue weighted by Crippen LogP contribution is 2.10. The van der Waals surface area contributed by atoms with Gasteiger partial charge in [-0.25, -0.2) is 0 Å². The lowest BCUT2D eigenvalue weighted by Gasteiger charge is -2.12. The van der Waals surface area contributed by atoms with E-state index in [1.807, 2.05) is 41.8 Å². The van der Waals surface area contributed by atoms with Crippen molar-refractivity contribution in [3.05, 3.63) is 57.2 Å². The quantitative estimate of drug-likeness (QED) is 0.696. The first-order valence-corrected chi connectivity index (χ1v) is 8.23. The van der Waals surface area contributed by atoms with E-state index in [-0.39, 0.29) is 0 Å². The van der Waals surface area contributed by atoms with Gasteiger partial charge in [-0.15, -0.1) is 11.3 Å². The fourth-order valence-corrected chi connectivity index (χ4v) is 2.67. The van der Waals surface area contributed by atoms with E-state index >= 15 is 0 Å². The van der Waals surface area contributed by atoms with E-state index in [0.717, 1.165) is 18.0 Å². The van der Waals surface area contributed by atoms with Crippen molar-refractivity contribution in [1.29, 1.82) is 0 Å². The number of aliphatic hydroxyl groups is 1. The van der Waals surface area contributed by atoms with Gasteiger partial charge in [0.05, 0.1) is 19.3 Å². The van der Waals surface area contributed by atoms with Gasteiger partial charge in [0.2, 0.25) is 0 Å². The Balaban J connectivity index is 1.52. The Bertz CT molecular complexity index is 502. The first kappa shape index (κ1) is 16.5. The van der Waals surface area contributed by atoms with Crippen LogP contribution in [0.4, 0.5) is 0 Å². The molecule has 21 heavy (non-hydrogen) atoms. The van der Waals surface area contributed by atoms with E-state index < -0.39 is 6.10 Å². The molecule has 0 saturated carbocycles. The summed E-state index contributed by atoms with van der Waals surface area (Å²) in [5.41, 5.74) is 1.23. The SMILES string of the molecule is OC(CNCCc1ccc(Cl)cc1)COCc1cccs1. The van der Waals surface area contributed by atoms with Crippen LogP contribution in [0.2, 0.25) is 5.02 Å². The minimum atomic E-state index is -0.477. The number of hydrogen-bond acceptors (Lipinski definition) is 4. The van der Waals surface area contributed by atoms with E-state index in [1.54, 1.807) is 11.3 Å². The molecule has 0 fully saturated rings. The molecule has 0 aliphatic rings. The Kier molecular flexibility index (Phi) is 7.19. The van der Waals surface area contributed by atoms with E-state index in [4.69, 9.17) is 16.3 Å². The highest BCUT2D eigenvalue weighted by atomic mass is 35.5. The molecule has 0 aliphatic carbocycles. The minimum Gasteiger partial charge on any atom is -0.389 e. The van der Waals surface area contributed by atoms with Gasteiger partial charge in [0, 0.05) is 16.4 Å². The Hall–Kier alpha value is -0.910. The van der Waals surface area contributed by atoms with Crippen LogP contribution in [0.25, 0.3) is 0 Å². The number of halogens is 1. The highest BCUT2D eigenvalue weighted by Gasteiger charge is 2.04. The molecule has 1 unspecified atom stereocenters. The third kappa shape index (κ3) is 6.59. The smallest absolute Gasteiger partial charge is 0.0897 e. The number of nitrogens with one attached hydrogen (secondary N) is 1. The first-order valence-electron chi connectivity index (χ1n) is 6.97. The zero-order valence-electron chi connectivity index (χ0n) is 11.8. The van der Waals surface area contributed by atoms with Gasteiger partial charge in [-0.2, -0.15) is 0 Å². The highest BCUT2D eigenvalue weighted by molar-refractivity contribution is 7.09. The molecular weight excluding hydrogens is 306 g/mol. The minimum absolute atomic E-state index is 0.353. The van der Waals surface area contributed by atoms with Crippen LogP contribution in [0, 0.1) is 0 Å². The van der Waals surface area contributed by atoms with Crippen LogP contribution in [0.3, 0.4) is 0 Å². The molecule has 0 saturated heterocycles. The summed E-state index contributed by atoms with van der Waals surface area (Å²) in [4.78, 5) is 1.18. The third-order valence-corrected chi connectivity index (χ3v) is 4.12. The van der Waals surface area contributed by atoms with E-state index in [9.17, 15) is 5.11 Å². The predicted octanol–water partition coefficient (Wildman–Crippen LogP) is 3.11. The first-order chi connectivity index (χ1) is 10.2. The molecule has 2 N–H and O–H groups in total. The van der Waals surface area contributed by atoms with Crippen LogP contribution in [-0.4, -0.2) is 30.9 Å². The Morgan fingerprint density at radius 1 is 1.24 bits per heavy atom. The number of aliphatic hydroxyl groups excluding tert-OH is 1. The van der Waals surface area contributed by atoms with Crippen LogP contribution in [-0.2, 0) is 17.8 Å². The zero-order chi connectivity index (χ0) is 14.9. The fourth-order valence-electron chi connectivity index (χ4n) is 1.90. The monoisotopic (exact) mass is 325 g/mol. The van der Waals surface area contributed by atoms with Crippen LogP contribution < -0.4 is 5.32 Å². The molecule has 3 nitrogen and oxygen atoms in total. The summed E-state index contributed by atoms with van der Waals surface area (Å²) < 4.78 is 5.47. The Morgan fingerprint density at radius 2 is 2.05 bits per heavy atom. The van der Waals surface area contributed by atoms with Crippen molar-refractivity contribution in [2.45, 2.75) is 19.1 Å². The second kappa shape index (κ2) is 9.18. The van der Waals surface area contributed by atoms with Gasteiger partial charge in [0.25, 0.3) is 0 Å². The maximum Gasteiger partial charge on any atom is 0.0897 e. The molecule has 0 aliphatic heterocycles. The summed E-state index contributed by atoms with van der Waals surface area (Å²) in [5.74, 6) is 0. The Labute approximate surface area is 134 Å². The molecule has 0 bridgehead atoms. The predicted molar refractivity (Wildman–Crippen MR) is 88.0 cm³/mol. The average Bonchev–Trinajstić information content (AvgIpc) is 2.99. The van der Waals surface area contributed by atoms with Crippen molar-refractivity contribution in [2.24, 2.45) is 0 Å². The zero-order valence-corrected chi connectivity index (χ0v) is 13.4. The molecule has 1 atom stereocenters. The molecule has 2 rings (SSSR count). The topological polar surface area (TPSA) is 41.5 Å². The second-order valence-electron chi connectivity index (χ2n) is 4.83. The maximum absolute atomic E-state index is 9.81. The van der Waals surface area contributed by atoms with Crippen molar-refractivity contribution in [1.82, 2.24) is 5.32 Å². The lowest BCUT2D eigenvalue weighted by molar-refractivity contribution is 0.0300. The van der Waals surface area contributed by atoms with Crippen molar-refractivity contribution >= 4 is 22.9 Å². The van der Waals surface area contributed by atoms with E-state index in [1.165, 1.54) is 10.4 Å². The average molecular weight is 326 g/mol. The van der Waals surface area contributed by atoms with Crippen molar-refractivity contribution in [3.63, 3.8) is 0 Å². The number of ether oxygens (including phenoxy) is 1. The lowest BCUT2D eigenvalue weighted by atomic mass is 10.1. The van der Waals surface area contributed by atoms with Gasteiger partial charge < -0.3 is 15.2 Å². The molecule has 5 heteroatoms. The third-order valence-electron chi connectivity index (χ3n) is 3.02. The van der Waals surface area contributed by atoms with Gasteiger partial charge in [0.1, 0.15) is 0 Å². The fraction of sp³-hybridized carbons (Fsp3) is 0.375. The van der Waals surface area contributed by atoms with Crippen LogP contribution in [0.1, 0.15) is 10.4 Å². The summed E-state index contributed by atoms with van der Waals surface area (Å²) in [6.07, 6.45) is 0.440. The van der Waals surface area contributed by atoms with Gasteiger partial charge in [-0.3, -0.25) is 0 Å². The number of hydrogen-bond donors (Lipinski definition) is 2. The summed E-state index contributed by atoms with van der Waals surface area (Å²) in [6.45, 7) is 2.28. The maximum atomic E-state index is 9.81. The van der Waals surface area contributed by atoms with Gasteiger partial charge in [-0.1, -0.05) is 29.8 Å². The van der Waals surface area contributed by atoms with Gasteiger partial charge in [-0.05, 0) is 42.1 Å². The van der Waals surface area contributed by atoms with Crippen LogP contribution >= 0.6 is 22.9 Å². The summed E-state index contributed by atoms with van der Waals surface area (Å²) in [7, 11) is 0. The second-order valence-corrected chi connectivity index (χ2v) is 6.30. The van der Waals surface area contributed by atoms with E-state index in [2.05, 4.69) is 5.32 Å². The van der Waals surface area contributed by atoms with Crippen LogP contribution in [0.15, 0.2) is 41.8 Å². The molecule has 1 aromatic carbocycles. The molecule has 0 spiro atoms. The molecule has 0 radical (unpaired) electrons. The largest absolute Gasteiger partial charge is 0.389 e. The normalized spacial score (nSPS) is 12.5. The van der Waals surface area contributed by atoms with Crippen molar-refractivity contribution in [3.8, 4) is 0 Å². The van der Waals surface area contributed by atoms with Gasteiger partial charge >= 0.3 is 0 Å². The molecule has 2 aromatic rings. The van der Waals surface area contributed by atoms with Crippen molar-refractivity contribution < 1.29 is 9.84 Å². The molecule has 114 valence electrons. The molecule has 0 amide bonds. The lowest BCUT2D eigenvalue weighted by Crippen LogP contribution is -2.31. The summed E-state index contributed by atoms with van der Waals surface area (Å²) in [5, 5.41) is 15.8. The number of rotatable bonds is 9. The molecular formula is C16H20ClNO2S. The summed E-state index contributed by atoms with van der Waals surface area (Å²) in [6, 6.07) is 11.9. The van der Waals surface area contributed by atoms with Crippen molar-refractivity contribution in [2.75, 3.05) is 19.7 Å². The van der Waals surface area contributed by atoms with E-state index in [0.29, 0.717) is 19.8 Å². The standard InChI is InChI=1S/C16H20ClNO2S/c17-14-5-3-13(4-6-14)7-8-18-10-15(19)11-20-12-16-2-1-9-21-16/h1-6,9,15,18-19H,7-8,10-12H2. The number of thiophene rings is 1. The molecule has 1 aromatic heterocycles. The van der Waals surface area contributed by atoms with Gasteiger partial charge in [0.15, 0.2) is 0 Å². The van der Waals surface area contributed by atoms with Crippen LogP contribution in [0.5, 0.6) is 0 Å². The number of benzene rings is 1. The Morgan fingerprint density at radius 3 is 2.76 bits per heavy atom. The molecule has 1 heterocycles. The summed E-state index contributed by atoms with van der Waals surface area (Å²) >= 11 is 7.50.